The van der Waals surface area contributed by atoms with Gasteiger partial charge in [-0.05, 0) is 12.1 Å². The van der Waals surface area contributed by atoms with Gasteiger partial charge in [-0.2, -0.15) is 0 Å². The molecule has 1 aromatic rings. The number of nitrogens with two attached hydrogens (primary N) is 1. The van der Waals surface area contributed by atoms with E-state index in [4.69, 9.17) is 22.4 Å². The first-order valence-corrected chi connectivity index (χ1v) is 4.78. The number of rotatable bonds is 2. The van der Waals surface area contributed by atoms with Crippen molar-refractivity contribution in [1.82, 2.24) is 0 Å². The summed E-state index contributed by atoms with van der Waals surface area (Å²) < 4.78 is 0.635. The van der Waals surface area contributed by atoms with E-state index in [1.807, 2.05) is 0 Å². The van der Waals surface area contributed by atoms with Gasteiger partial charge in [0.05, 0.1) is 17.7 Å². The normalized spacial score (nSPS) is 12.0. The zero-order valence-electron chi connectivity index (χ0n) is 7.08. The maximum Gasteiger partial charge on any atom is 0.140 e. The number of hydrogen-bond donors (Lipinski definition) is 3. The lowest BCUT2D eigenvalue weighted by atomic mass is 10.1. The molecule has 0 aliphatic rings. The Kier molecular flexibility index (Phi) is 5.78. The molecular weight excluding hydrogens is 293 g/mol. The molecule has 0 aliphatic heterocycles. The molecule has 0 saturated heterocycles. The van der Waals surface area contributed by atoms with E-state index in [0.717, 1.165) is 0 Å². The first-order chi connectivity index (χ1) is 6.07. The molecule has 6 heteroatoms. The van der Waals surface area contributed by atoms with Gasteiger partial charge in [0.25, 0.3) is 0 Å². The van der Waals surface area contributed by atoms with E-state index in [1.54, 1.807) is 12.1 Å². The summed E-state index contributed by atoms with van der Waals surface area (Å²) in [6, 6.07) is 2.59. The zero-order valence-corrected chi connectivity index (χ0v) is 10.2. The molecule has 1 aromatic carbocycles. The van der Waals surface area contributed by atoms with Crippen LogP contribution in [0, 0.1) is 0 Å². The minimum atomic E-state index is -0.631. The van der Waals surface area contributed by atoms with Crippen molar-refractivity contribution in [3.63, 3.8) is 0 Å². The van der Waals surface area contributed by atoms with Crippen LogP contribution in [0.25, 0.3) is 0 Å². The Hall–Kier alpha value is -0.000000000000000111. The highest BCUT2D eigenvalue weighted by atomic mass is 79.9. The van der Waals surface area contributed by atoms with Crippen molar-refractivity contribution in [3.05, 3.63) is 27.2 Å². The standard InChI is InChI=1S/C8H9BrClNO2.ClH/c9-4-1-2-5(10)8(13)7(4)6(11)3-12;/h1-2,6,12-13H,3,11H2;1H/t6-;/m0./s1. The van der Waals surface area contributed by atoms with Crippen molar-refractivity contribution in [2.75, 3.05) is 6.61 Å². The molecule has 4 N–H and O–H groups in total. The summed E-state index contributed by atoms with van der Waals surface area (Å²) in [6.45, 7) is -0.244. The Morgan fingerprint density at radius 2 is 2.07 bits per heavy atom. The average Bonchev–Trinajstić information content (AvgIpc) is 2.12. The lowest BCUT2D eigenvalue weighted by molar-refractivity contribution is 0.265. The van der Waals surface area contributed by atoms with Crippen molar-refractivity contribution in [2.24, 2.45) is 5.73 Å². The van der Waals surface area contributed by atoms with Gasteiger partial charge >= 0.3 is 0 Å². The third-order valence-corrected chi connectivity index (χ3v) is 2.68. The number of benzene rings is 1. The zero-order chi connectivity index (χ0) is 10.0. The van der Waals surface area contributed by atoms with Gasteiger partial charge in [0.1, 0.15) is 5.75 Å². The van der Waals surface area contributed by atoms with Crippen LogP contribution in [-0.4, -0.2) is 16.8 Å². The molecule has 0 saturated carbocycles. The highest BCUT2D eigenvalue weighted by Gasteiger charge is 2.15. The highest BCUT2D eigenvalue weighted by molar-refractivity contribution is 9.10. The summed E-state index contributed by atoms with van der Waals surface area (Å²) in [4.78, 5) is 0. The Morgan fingerprint density at radius 3 is 2.57 bits per heavy atom. The Bertz CT molecular complexity index is 322. The van der Waals surface area contributed by atoms with Crippen molar-refractivity contribution in [3.8, 4) is 5.75 Å². The predicted octanol–water partition coefficient (Wildman–Crippen LogP) is 2.22. The molecule has 80 valence electrons. The monoisotopic (exact) mass is 301 g/mol. The van der Waals surface area contributed by atoms with Gasteiger partial charge in [-0.3, -0.25) is 0 Å². The summed E-state index contributed by atoms with van der Waals surface area (Å²) in [5.41, 5.74) is 5.99. The number of aliphatic hydroxyl groups is 1. The van der Waals surface area contributed by atoms with Gasteiger partial charge in [0, 0.05) is 10.0 Å². The Morgan fingerprint density at radius 1 is 1.50 bits per heavy atom. The minimum absolute atomic E-state index is 0. The van der Waals surface area contributed by atoms with E-state index in [9.17, 15) is 5.11 Å². The Labute approximate surface area is 101 Å². The van der Waals surface area contributed by atoms with E-state index in [2.05, 4.69) is 15.9 Å². The molecule has 0 aliphatic carbocycles. The van der Waals surface area contributed by atoms with Gasteiger partial charge < -0.3 is 15.9 Å². The number of hydrogen-bond acceptors (Lipinski definition) is 3. The van der Waals surface area contributed by atoms with Gasteiger partial charge in [0.2, 0.25) is 0 Å². The van der Waals surface area contributed by atoms with Crippen LogP contribution >= 0.6 is 39.9 Å². The third-order valence-electron chi connectivity index (χ3n) is 1.68. The molecule has 0 fully saturated rings. The van der Waals surface area contributed by atoms with E-state index >= 15 is 0 Å². The first kappa shape index (κ1) is 14.0. The van der Waals surface area contributed by atoms with Crippen molar-refractivity contribution in [2.45, 2.75) is 6.04 Å². The van der Waals surface area contributed by atoms with E-state index in [0.29, 0.717) is 10.0 Å². The highest BCUT2D eigenvalue weighted by Crippen LogP contribution is 2.36. The number of phenolic OH excluding ortho intramolecular Hbond substituents is 1. The first-order valence-electron chi connectivity index (χ1n) is 3.61. The van der Waals surface area contributed by atoms with Crippen LogP contribution in [0.2, 0.25) is 5.02 Å². The second-order valence-electron chi connectivity index (χ2n) is 2.58. The SMILES string of the molecule is Cl.N[C@@H](CO)c1c(Br)ccc(Cl)c1O. The van der Waals surface area contributed by atoms with E-state index in [1.165, 1.54) is 0 Å². The fourth-order valence-electron chi connectivity index (χ4n) is 1.00. The van der Waals surface area contributed by atoms with Crippen LogP contribution in [0.15, 0.2) is 16.6 Å². The quantitative estimate of drug-likeness (QED) is 0.785. The van der Waals surface area contributed by atoms with Crippen LogP contribution < -0.4 is 5.73 Å². The van der Waals surface area contributed by atoms with Gasteiger partial charge in [0.15, 0.2) is 0 Å². The maximum atomic E-state index is 9.53. The van der Waals surface area contributed by atoms with Gasteiger partial charge in [-0.1, -0.05) is 27.5 Å². The summed E-state index contributed by atoms with van der Waals surface area (Å²) in [5.74, 6) is -0.0856. The van der Waals surface area contributed by atoms with Crippen LogP contribution in [-0.2, 0) is 0 Å². The predicted molar refractivity (Wildman–Crippen MR) is 62.1 cm³/mol. The summed E-state index contributed by atoms with van der Waals surface area (Å²) in [6.07, 6.45) is 0. The van der Waals surface area contributed by atoms with Crippen LogP contribution in [0.3, 0.4) is 0 Å². The number of aromatic hydroxyl groups is 1. The number of phenols is 1. The molecule has 0 radical (unpaired) electrons. The fraction of sp³-hybridized carbons (Fsp3) is 0.250. The van der Waals surface area contributed by atoms with Crippen LogP contribution in [0.4, 0.5) is 0 Å². The van der Waals surface area contributed by atoms with Crippen molar-refractivity contribution in [1.29, 1.82) is 0 Å². The lowest BCUT2D eigenvalue weighted by Crippen LogP contribution is -2.15. The van der Waals surface area contributed by atoms with Crippen molar-refractivity contribution < 1.29 is 10.2 Å². The molecule has 0 aromatic heterocycles. The lowest BCUT2D eigenvalue weighted by Gasteiger charge is -2.13. The molecule has 0 spiro atoms. The molecular formula is C8H10BrCl2NO2. The fourth-order valence-corrected chi connectivity index (χ4v) is 1.78. The third kappa shape index (κ3) is 2.74. The van der Waals surface area contributed by atoms with Crippen molar-refractivity contribution >= 4 is 39.9 Å². The minimum Gasteiger partial charge on any atom is -0.506 e. The van der Waals surface area contributed by atoms with Gasteiger partial charge in [-0.25, -0.2) is 0 Å². The number of aliphatic hydroxyl groups excluding tert-OH is 1. The van der Waals surface area contributed by atoms with Gasteiger partial charge in [-0.15, -0.1) is 12.4 Å². The summed E-state index contributed by atoms with van der Waals surface area (Å²) >= 11 is 8.89. The van der Waals surface area contributed by atoms with E-state index in [-0.39, 0.29) is 29.8 Å². The smallest absolute Gasteiger partial charge is 0.140 e. The molecule has 14 heavy (non-hydrogen) atoms. The molecule has 0 heterocycles. The summed E-state index contributed by atoms with van der Waals surface area (Å²) in [5, 5.41) is 18.6. The second kappa shape index (κ2) is 5.78. The topological polar surface area (TPSA) is 66.5 Å². The van der Waals surface area contributed by atoms with Crippen LogP contribution in [0.5, 0.6) is 5.75 Å². The largest absolute Gasteiger partial charge is 0.506 e. The molecule has 3 nitrogen and oxygen atoms in total. The maximum absolute atomic E-state index is 9.53. The molecule has 0 amide bonds. The molecule has 1 rings (SSSR count). The van der Waals surface area contributed by atoms with Crippen LogP contribution in [0.1, 0.15) is 11.6 Å². The number of halogens is 3. The molecule has 0 unspecified atom stereocenters. The summed E-state index contributed by atoms with van der Waals surface area (Å²) in [7, 11) is 0. The molecule has 1 atom stereocenters. The molecule has 0 bridgehead atoms. The average molecular weight is 303 g/mol. The Balaban J connectivity index is 0.00000169. The van der Waals surface area contributed by atoms with E-state index < -0.39 is 6.04 Å². The second-order valence-corrected chi connectivity index (χ2v) is 3.84.